The van der Waals surface area contributed by atoms with Gasteiger partial charge in [-0.3, -0.25) is 4.90 Å². The summed E-state index contributed by atoms with van der Waals surface area (Å²) in [5, 5.41) is 0. The van der Waals surface area contributed by atoms with Crippen LogP contribution in [0.2, 0.25) is 0 Å². The molecule has 18 heavy (non-hydrogen) atoms. The van der Waals surface area contributed by atoms with E-state index in [0.29, 0.717) is 0 Å². The Bertz CT molecular complexity index is 331. The second-order valence-electron chi connectivity index (χ2n) is 5.35. The van der Waals surface area contributed by atoms with Crippen molar-refractivity contribution in [1.29, 1.82) is 0 Å². The Kier molecular flexibility index (Phi) is 4.80. The molecule has 1 aliphatic heterocycles. The summed E-state index contributed by atoms with van der Waals surface area (Å²) in [6.07, 6.45) is 4.41. The molecule has 2 unspecified atom stereocenters. The van der Waals surface area contributed by atoms with Crippen LogP contribution in [0.4, 0.5) is 0 Å². The van der Waals surface area contributed by atoms with Gasteiger partial charge in [-0.1, -0.05) is 0 Å². The van der Waals surface area contributed by atoms with Gasteiger partial charge < -0.3 is 15.1 Å². The third kappa shape index (κ3) is 3.34. The van der Waals surface area contributed by atoms with Crippen molar-refractivity contribution in [1.82, 2.24) is 9.80 Å². The number of likely N-dealkylation sites (N-methyl/N-ethyl adjacent to an activating group) is 1. The zero-order valence-electron chi connectivity index (χ0n) is 11.5. The number of nitrogens with zero attached hydrogens (tertiary/aromatic N) is 2. The molecule has 0 aliphatic carbocycles. The SMILES string of the molecule is CC(N)C(c1ccco1)N(C)CCN1CCCC1. The minimum Gasteiger partial charge on any atom is -0.468 e. The molecule has 0 bridgehead atoms. The Balaban J connectivity index is 1.89. The van der Waals surface area contributed by atoms with Gasteiger partial charge in [-0.2, -0.15) is 0 Å². The van der Waals surface area contributed by atoms with E-state index < -0.39 is 0 Å². The Morgan fingerprint density at radius 1 is 1.44 bits per heavy atom. The lowest BCUT2D eigenvalue weighted by atomic mass is 10.1. The highest BCUT2D eigenvalue weighted by Crippen LogP contribution is 2.22. The molecular formula is C14H25N3O. The van der Waals surface area contributed by atoms with Crippen LogP contribution in [-0.4, -0.2) is 49.1 Å². The zero-order valence-corrected chi connectivity index (χ0v) is 11.5. The van der Waals surface area contributed by atoms with Gasteiger partial charge in [0.15, 0.2) is 0 Å². The van der Waals surface area contributed by atoms with Crippen LogP contribution >= 0.6 is 0 Å². The molecule has 102 valence electrons. The molecule has 2 N–H and O–H groups in total. The summed E-state index contributed by atoms with van der Waals surface area (Å²) >= 11 is 0. The van der Waals surface area contributed by atoms with Gasteiger partial charge in [-0.05, 0) is 52.0 Å². The summed E-state index contributed by atoms with van der Waals surface area (Å²) in [6, 6.07) is 4.18. The van der Waals surface area contributed by atoms with E-state index >= 15 is 0 Å². The van der Waals surface area contributed by atoms with Crippen molar-refractivity contribution in [2.24, 2.45) is 5.73 Å². The van der Waals surface area contributed by atoms with Crippen molar-refractivity contribution >= 4 is 0 Å². The van der Waals surface area contributed by atoms with Gasteiger partial charge in [-0.15, -0.1) is 0 Å². The van der Waals surface area contributed by atoms with Crippen LogP contribution in [0.3, 0.4) is 0 Å². The minimum absolute atomic E-state index is 0.0692. The predicted octanol–water partition coefficient (Wildman–Crippen LogP) is 1.70. The van der Waals surface area contributed by atoms with Gasteiger partial charge in [0, 0.05) is 19.1 Å². The van der Waals surface area contributed by atoms with E-state index in [1.54, 1.807) is 6.26 Å². The summed E-state index contributed by atoms with van der Waals surface area (Å²) in [5.41, 5.74) is 6.10. The molecule has 0 aromatic carbocycles. The molecule has 1 fully saturated rings. The van der Waals surface area contributed by atoms with Gasteiger partial charge in [-0.25, -0.2) is 0 Å². The van der Waals surface area contributed by atoms with Crippen molar-refractivity contribution in [3.05, 3.63) is 24.2 Å². The standard InChI is InChI=1S/C14H25N3O/c1-12(15)14(13-6-5-11-18-13)16(2)9-10-17-7-3-4-8-17/h5-6,11-12,14H,3-4,7-10,15H2,1-2H3. The molecule has 1 aromatic rings. The van der Waals surface area contributed by atoms with Crippen LogP contribution in [-0.2, 0) is 0 Å². The molecule has 4 nitrogen and oxygen atoms in total. The van der Waals surface area contributed by atoms with Crippen LogP contribution in [0.5, 0.6) is 0 Å². The molecule has 4 heteroatoms. The quantitative estimate of drug-likeness (QED) is 0.836. The molecule has 1 aliphatic rings. The monoisotopic (exact) mass is 251 g/mol. The third-order valence-corrected chi connectivity index (χ3v) is 3.78. The molecule has 0 amide bonds. The summed E-state index contributed by atoms with van der Waals surface area (Å²) in [4.78, 5) is 4.83. The molecule has 0 spiro atoms. The Morgan fingerprint density at radius 3 is 2.72 bits per heavy atom. The number of likely N-dealkylation sites (tertiary alicyclic amines) is 1. The first-order valence-electron chi connectivity index (χ1n) is 6.90. The molecule has 1 aromatic heterocycles. The van der Waals surface area contributed by atoms with E-state index in [0.717, 1.165) is 18.8 Å². The first-order valence-corrected chi connectivity index (χ1v) is 6.90. The Hall–Kier alpha value is -0.840. The lowest BCUT2D eigenvalue weighted by Crippen LogP contribution is -2.40. The maximum absolute atomic E-state index is 6.10. The molecule has 0 saturated carbocycles. The molecule has 0 radical (unpaired) electrons. The highest BCUT2D eigenvalue weighted by Gasteiger charge is 2.24. The zero-order chi connectivity index (χ0) is 13.0. The Morgan fingerprint density at radius 2 is 2.17 bits per heavy atom. The number of furan rings is 1. The molecule has 2 rings (SSSR count). The minimum atomic E-state index is 0.0692. The maximum atomic E-state index is 6.10. The lowest BCUT2D eigenvalue weighted by Gasteiger charge is -2.30. The van der Waals surface area contributed by atoms with Gasteiger partial charge in [0.25, 0.3) is 0 Å². The van der Waals surface area contributed by atoms with Crippen molar-refractivity contribution < 1.29 is 4.42 Å². The van der Waals surface area contributed by atoms with E-state index in [1.165, 1.54) is 25.9 Å². The Labute approximate surface area is 110 Å². The molecular weight excluding hydrogens is 226 g/mol. The van der Waals surface area contributed by atoms with Crippen LogP contribution < -0.4 is 5.73 Å². The van der Waals surface area contributed by atoms with E-state index in [4.69, 9.17) is 10.2 Å². The second kappa shape index (κ2) is 6.36. The van der Waals surface area contributed by atoms with E-state index in [1.807, 2.05) is 19.1 Å². The number of hydrogen-bond acceptors (Lipinski definition) is 4. The van der Waals surface area contributed by atoms with Crippen LogP contribution in [0.1, 0.15) is 31.6 Å². The number of nitrogens with two attached hydrogens (primary N) is 1. The fourth-order valence-electron chi connectivity index (χ4n) is 2.78. The lowest BCUT2D eigenvalue weighted by molar-refractivity contribution is 0.169. The highest BCUT2D eigenvalue weighted by molar-refractivity contribution is 5.07. The first-order chi connectivity index (χ1) is 8.68. The summed E-state index contributed by atoms with van der Waals surface area (Å²) in [6.45, 7) is 6.70. The van der Waals surface area contributed by atoms with Gasteiger partial charge in [0.1, 0.15) is 5.76 Å². The highest BCUT2D eigenvalue weighted by atomic mass is 16.3. The van der Waals surface area contributed by atoms with Crippen molar-refractivity contribution in [2.75, 3.05) is 33.2 Å². The first kappa shape index (κ1) is 13.6. The molecule has 2 heterocycles. The third-order valence-electron chi connectivity index (χ3n) is 3.78. The summed E-state index contributed by atoms with van der Waals surface area (Å²) in [7, 11) is 2.13. The molecule has 1 saturated heterocycles. The fourth-order valence-corrected chi connectivity index (χ4v) is 2.78. The van der Waals surface area contributed by atoms with Gasteiger partial charge in [0.05, 0.1) is 12.3 Å². The van der Waals surface area contributed by atoms with Gasteiger partial charge in [0.2, 0.25) is 0 Å². The van der Waals surface area contributed by atoms with Crippen molar-refractivity contribution in [3.8, 4) is 0 Å². The second-order valence-corrected chi connectivity index (χ2v) is 5.35. The summed E-state index contributed by atoms with van der Waals surface area (Å²) in [5.74, 6) is 0.967. The summed E-state index contributed by atoms with van der Waals surface area (Å²) < 4.78 is 5.51. The van der Waals surface area contributed by atoms with Crippen LogP contribution in [0.25, 0.3) is 0 Å². The van der Waals surface area contributed by atoms with Gasteiger partial charge >= 0.3 is 0 Å². The van der Waals surface area contributed by atoms with Crippen LogP contribution in [0, 0.1) is 0 Å². The van der Waals surface area contributed by atoms with Crippen LogP contribution in [0.15, 0.2) is 22.8 Å². The van der Waals surface area contributed by atoms with E-state index in [2.05, 4.69) is 16.8 Å². The van der Waals surface area contributed by atoms with Crippen molar-refractivity contribution in [3.63, 3.8) is 0 Å². The predicted molar refractivity (Wildman–Crippen MR) is 73.4 cm³/mol. The topological polar surface area (TPSA) is 45.6 Å². The largest absolute Gasteiger partial charge is 0.468 e. The number of rotatable bonds is 6. The van der Waals surface area contributed by atoms with E-state index in [9.17, 15) is 0 Å². The normalized spacial score (nSPS) is 20.4. The maximum Gasteiger partial charge on any atom is 0.122 e. The average Bonchev–Trinajstić information content (AvgIpc) is 2.99. The molecule has 2 atom stereocenters. The van der Waals surface area contributed by atoms with Crippen molar-refractivity contribution in [2.45, 2.75) is 31.8 Å². The average molecular weight is 251 g/mol. The fraction of sp³-hybridized carbons (Fsp3) is 0.714. The number of hydrogen-bond donors (Lipinski definition) is 1. The van der Waals surface area contributed by atoms with E-state index in [-0.39, 0.29) is 12.1 Å². The smallest absolute Gasteiger partial charge is 0.122 e.